The van der Waals surface area contributed by atoms with Gasteiger partial charge in [-0.05, 0) is 19.8 Å². The van der Waals surface area contributed by atoms with Gasteiger partial charge in [0, 0.05) is 33.4 Å². The minimum Gasteiger partial charge on any atom is -0.385 e. The fourth-order valence-electron chi connectivity index (χ4n) is 1.64. The van der Waals surface area contributed by atoms with Crippen molar-refractivity contribution in [2.24, 2.45) is 0 Å². The Labute approximate surface area is 106 Å². The molecule has 0 aromatic carbocycles. The van der Waals surface area contributed by atoms with Crippen LogP contribution in [0.3, 0.4) is 0 Å². The number of nitrogens with one attached hydrogen (secondary N) is 1. The fraction of sp³-hybridized carbons (Fsp3) is 0.923. The van der Waals surface area contributed by atoms with Crippen LogP contribution in [0, 0.1) is 0 Å². The van der Waals surface area contributed by atoms with Crippen molar-refractivity contribution in [2.45, 2.75) is 52.0 Å². The molecular weight excluding hydrogens is 216 g/mol. The van der Waals surface area contributed by atoms with Crippen LogP contribution in [0.1, 0.15) is 46.0 Å². The summed E-state index contributed by atoms with van der Waals surface area (Å²) < 4.78 is 4.96. The predicted molar refractivity (Wildman–Crippen MR) is 71.3 cm³/mol. The Hall–Kier alpha value is -0.770. The molecule has 2 amide bonds. The van der Waals surface area contributed by atoms with Gasteiger partial charge in [-0.1, -0.05) is 26.2 Å². The second-order valence-corrected chi connectivity index (χ2v) is 4.61. The predicted octanol–water partition coefficient (Wildman–Crippen LogP) is 2.63. The minimum atomic E-state index is 0.0186. The molecule has 0 aromatic heterocycles. The topological polar surface area (TPSA) is 41.6 Å². The van der Waals surface area contributed by atoms with Gasteiger partial charge in [-0.15, -0.1) is 0 Å². The van der Waals surface area contributed by atoms with Crippen molar-refractivity contribution < 1.29 is 9.53 Å². The van der Waals surface area contributed by atoms with Crippen molar-refractivity contribution in [2.75, 3.05) is 27.3 Å². The number of hydrogen-bond acceptors (Lipinski definition) is 2. The lowest BCUT2D eigenvalue weighted by atomic mass is 10.1. The second kappa shape index (κ2) is 10.4. The second-order valence-electron chi connectivity index (χ2n) is 4.61. The Balaban J connectivity index is 3.67. The zero-order chi connectivity index (χ0) is 13.1. The van der Waals surface area contributed by atoms with E-state index < -0.39 is 0 Å². The van der Waals surface area contributed by atoms with E-state index in [0.29, 0.717) is 6.61 Å². The SMILES string of the molecule is CCCCCC(C)NC(=O)N(C)CCCOC. The van der Waals surface area contributed by atoms with E-state index in [2.05, 4.69) is 19.2 Å². The number of urea groups is 1. The van der Waals surface area contributed by atoms with E-state index >= 15 is 0 Å². The summed E-state index contributed by atoms with van der Waals surface area (Å²) in [6, 6.07) is 0.282. The van der Waals surface area contributed by atoms with E-state index in [0.717, 1.165) is 19.4 Å². The summed E-state index contributed by atoms with van der Waals surface area (Å²) in [6.07, 6.45) is 5.59. The lowest BCUT2D eigenvalue weighted by molar-refractivity contribution is 0.174. The largest absolute Gasteiger partial charge is 0.385 e. The van der Waals surface area contributed by atoms with Gasteiger partial charge in [0.25, 0.3) is 0 Å². The normalized spacial score (nSPS) is 12.2. The molecule has 0 aliphatic rings. The highest BCUT2D eigenvalue weighted by molar-refractivity contribution is 5.74. The summed E-state index contributed by atoms with van der Waals surface area (Å²) in [7, 11) is 3.50. The van der Waals surface area contributed by atoms with Crippen LogP contribution in [0.4, 0.5) is 4.79 Å². The van der Waals surface area contributed by atoms with Crippen LogP contribution in [-0.2, 0) is 4.74 Å². The van der Waals surface area contributed by atoms with E-state index in [1.54, 1.807) is 12.0 Å². The fourth-order valence-corrected chi connectivity index (χ4v) is 1.64. The molecule has 0 heterocycles. The minimum absolute atomic E-state index is 0.0186. The summed E-state index contributed by atoms with van der Waals surface area (Å²) in [5.74, 6) is 0. The van der Waals surface area contributed by atoms with E-state index in [4.69, 9.17) is 4.74 Å². The molecule has 17 heavy (non-hydrogen) atoms. The van der Waals surface area contributed by atoms with Gasteiger partial charge in [-0.25, -0.2) is 4.79 Å². The molecule has 1 N–H and O–H groups in total. The van der Waals surface area contributed by atoms with Crippen LogP contribution in [0.5, 0.6) is 0 Å². The lowest BCUT2D eigenvalue weighted by Gasteiger charge is -2.21. The highest BCUT2D eigenvalue weighted by Crippen LogP contribution is 2.03. The molecular formula is C13H28N2O2. The highest BCUT2D eigenvalue weighted by Gasteiger charge is 2.10. The van der Waals surface area contributed by atoms with Crippen molar-refractivity contribution in [3.8, 4) is 0 Å². The molecule has 0 aliphatic carbocycles. The van der Waals surface area contributed by atoms with E-state index in [1.807, 2.05) is 7.05 Å². The summed E-state index contributed by atoms with van der Waals surface area (Å²) in [4.78, 5) is 13.5. The number of hydrogen-bond donors (Lipinski definition) is 1. The third-order valence-electron chi connectivity index (χ3n) is 2.80. The summed E-state index contributed by atoms with van der Waals surface area (Å²) in [5.41, 5.74) is 0. The molecule has 0 aliphatic heterocycles. The quantitative estimate of drug-likeness (QED) is 0.633. The number of nitrogens with zero attached hydrogens (tertiary/aromatic N) is 1. The number of methoxy groups -OCH3 is 1. The summed E-state index contributed by atoms with van der Waals surface area (Å²) >= 11 is 0. The highest BCUT2D eigenvalue weighted by atomic mass is 16.5. The molecule has 4 heteroatoms. The third-order valence-corrected chi connectivity index (χ3v) is 2.80. The van der Waals surface area contributed by atoms with Crippen molar-refractivity contribution in [3.05, 3.63) is 0 Å². The Morgan fingerprint density at radius 3 is 2.65 bits per heavy atom. The van der Waals surface area contributed by atoms with Gasteiger partial charge in [0.2, 0.25) is 0 Å². The molecule has 4 nitrogen and oxygen atoms in total. The van der Waals surface area contributed by atoms with E-state index in [-0.39, 0.29) is 12.1 Å². The van der Waals surface area contributed by atoms with Crippen molar-refractivity contribution in [1.29, 1.82) is 0 Å². The van der Waals surface area contributed by atoms with Crippen molar-refractivity contribution in [1.82, 2.24) is 10.2 Å². The number of carbonyl (C=O) groups is 1. The Morgan fingerprint density at radius 1 is 1.35 bits per heavy atom. The maximum absolute atomic E-state index is 11.8. The molecule has 0 radical (unpaired) electrons. The summed E-state index contributed by atoms with van der Waals surface area (Å²) in [6.45, 7) is 5.69. The summed E-state index contributed by atoms with van der Waals surface area (Å²) in [5, 5.41) is 3.01. The van der Waals surface area contributed by atoms with Gasteiger partial charge in [0.15, 0.2) is 0 Å². The number of unbranched alkanes of at least 4 members (excludes halogenated alkanes) is 2. The first-order valence-corrected chi connectivity index (χ1v) is 6.62. The first-order valence-electron chi connectivity index (χ1n) is 6.62. The van der Waals surface area contributed by atoms with E-state index in [9.17, 15) is 4.79 Å². The van der Waals surface area contributed by atoms with Gasteiger partial charge in [0.05, 0.1) is 0 Å². The molecule has 0 spiro atoms. The van der Waals surface area contributed by atoms with Gasteiger partial charge in [-0.2, -0.15) is 0 Å². The molecule has 102 valence electrons. The molecule has 0 bridgehead atoms. The van der Waals surface area contributed by atoms with Crippen LogP contribution in [0.2, 0.25) is 0 Å². The average Bonchev–Trinajstić information content (AvgIpc) is 2.29. The average molecular weight is 244 g/mol. The van der Waals surface area contributed by atoms with Crippen LogP contribution >= 0.6 is 0 Å². The Bertz CT molecular complexity index is 198. The number of rotatable bonds is 9. The van der Waals surface area contributed by atoms with Gasteiger partial charge in [-0.3, -0.25) is 0 Å². The van der Waals surface area contributed by atoms with E-state index in [1.165, 1.54) is 19.3 Å². The standard InChI is InChI=1S/C13H28N2O2/c1-5-6-7-9-12(2)14-13(16)15(3)10-8-11-17-4/h12H,5-11H2,1-4H3,(H,14,16). The maximum Gasteiger partial charge on any atom is 0.317 e. The van der Waals surface area contributed by atoms with Crippen molar-refractivity contribution in [3.63, 3.8) is 0 Å². The van der Waals surface area contributed by atoms with Crippen LogP contribution in [0.25, 0.3) is 0 Å². The Morgan fingerprint density at radius 2 is 2.06 bits per heavy atom. The lowest BCUT2D eigenvalue weighted by Crippen LogP contribution is -2.42. The molecule has 1 unspecified atom stereocenters. The first kappa shape index (κ1) is 16.2. The third kappa shape index (κ3) is 8.98. The molecule has 0 saturated carbocycles. The van der Waals surface area contributed by atoms with Gasteiger partial charge in [0.1, 0.15) is 0 Å². The van der Waals surface area contributed by atoms with Gasteiger partial charge >= 0.3 is 6.03 Å². The molecule has 0 aromatic rings. The monoisotopic (exact) mass is 244 g/mol. The molecule has 0 rings (SSSR count). The molecule has 0 fully saturated rings. The van der Waals surface area contributed by atoms with Crippen LogP contribution in [0.15, 0.2) is 0 Å². The van der Waals surface area contributed by atoms with Gasteiger partial charge < -0.3 is 15.0 Å². The Kier molecular flexibility index (Phi) is 9.92. The molecule has 1 atom stereocenters. The maximum atomic E-state index is 11.8. The number of amides is 2. The first-order chi connectivity index (χ1) is 8.11. The zero-order valence-electron chi connectivity index (χ0n) is 11.8. The smallest absolute Gasteiger partial charge is 0.317 e. The van der Waals surface area contributed by atoms with Crippen LogP contribution in [-0.4, -0.2) is 44.3 Å². The van der Waals surface area contributed by atoms with Crippen LogP contribution < -0.4 is 5.32 Å². The number of carbonyl (C=O) groups excluding carboxylic acids is 1. The van der Waals surface area contributed by atoms with Crippen molar-refractivity contribution >= 4 is 6.03 Å². The molecule has 0 saturated heterocycles. The zero-order valence-corrected chi connectivity index (χ0v) is 11.8. The number of ether oxygens (including phenoxy) is 1.